The molecule has 1 aliphatic rings. The van der Waals surface area contributed by atoms with Crippen molar-refractivity contribution < 1.29 is 19.4 Å². The molecular weight excluding hydrogens is 314 g/mol. The highest BCUT2D eigenvalue weighted by Gasteiger charge is 2.37. The van der Waals surface area contributed by atoms with Gasteiger partial charge in [-0.25, -0.2) is 4.79 Å². The van der Waals surface area contributed by atoms with Gasteiger partial charge in [0.2, 0.25) is 0 Å². The van der Waals surface area contributed by atoms with Crippen LogP contribution in [-0.4, -0.2) is 29.6 Å². The summed E-state index contributed by atoms with van der Waals surface area (Å²) < 4.78 is 6.20. The van der Waals surface area contributed by atoms with Gasteiger partial charge in [0.05, 0.1) is 0 Å². The molecule has 1 amide bonds. The smallest absolute Gasteiger partial charge is 0.326 e. The minimum atomic E-state index is -0.987. The van der Waals surface area contributed by atoms with Crippen molar-refractivity contribution in [3.05, 3.63) is 28.7 Å². The van der Waals surface area contributed by atoms with Gasteiger partial charge in [0.1, 0.15) is 11.8 Å². The van der Waals surface area contributed by atoms with Crippen LogP contribution in [0, 0.1) is 5.92 Å². The third-order valence-corrected chi connectivity index (χ3v) is 3.39. The van der Waals surface area contributed by atoms with Gasteiger partial charge < -0.3 is 15.2 Å². The van der Waals surface area contributed by atoms with Crippen LogP contribution in [-0.2, 0) is 9.59 Å². The van der Waals surface area contributed by atoms with E-state index in [4.69, 9.17) is 9.84 Å². The van der Waals surface area contributed by atoms with Crippen LogP contribution < -0.4 is 10.1 Å². The lowest BCUT2D eigenvalue weighted by molar-refractivity contribution is -0.142. The summed E-state index contributed by atoms with van der Waals surface area (Å²) >= 11 is 3.30. The first-order valence-electron chi connectivity index (χ1n) is 5.97. The second-order valence-corrected chi connectivity index (χ2v) is 5.38. The second-order valence-electron chi connectivity index (χ2n) is 4.46. The van der Waals surface area contributed by atoms with E-state index in [9.17, 15) is 9.59 Å². The van der Waals surface area contributed by atoms with Gasteiger partial charge in [0, 0.05) is 4.47 Å². The fraction of sp³-hybridized carbons (Fsp3) is 0.385. The summed E-state index contributed by atoms with van der Waals surface area (Å²) in [5.74, 6) is -0.771. The number of carboxylic acids is 1. The number of hydrogen-bond donors (Lipinski definition) is 2. The SMILES string of the molecule is O=C(COc1ccc(Br)cc1)NC(C(=O)O)C1CC1. The number of carbonyl (C=O) groups excluding carboxylic acids is 1. The molecule has 0 aromatic heterocycles. The predicted octanol–water partition coefficient (Wildman–Crippen LogP) is 1.81. The van der Waals surface area contributed by atoms with Gasteiger partial charge >= 0.3 is 5.97 Å². The molecule has 1 atom stereocenters. The molecule has 2 rings (SSSR count). The fourth-order valence-electron chi connectivity index (χ4n) is 1.71. The van der Waals surface area contributed by atoms with Crippen molar-refractivity contribution in [1.29, 1.82) is 0 Å². The normalized spacial score (nSPS) is 15.6. The highest BCUT2D eigenvalue weighted by atomic mass is 79.9. The van der Waals surface area contributed by atoms with Crippen molar-refractivity contribution >= 4 is 27.8 Å². The first-order chi connectivity index (χ1) is 9.06. The Morgan fingerprint density at radius 1 is 1.37 bits per heavy atom. The molecule has 0 heterocycles. The minimum absolute atomic E-state index is 0.0640. The van der Waals surface area contributed by atoms with Crippen molar-refractivity contribution in [3.8, 4) is 5.75 Å². The molecule has 102 valence electrons. The van der Waals surface area contributed by atoms with Gasteiger partial charge in [-0.05, 0) is 43.0 Å². The van der Waals surface area contributed by atoms with Crippen LogP contribution in [0.15, 0.2) is 28.7 Å². The van der Waals surface area contributed by atoms with E-state index < -0.39 is 17.9 Å². The maximum Gasteiger partial charge on any atom is 0.326 e. The first-order valence-corrected chi connectivity index (χ1v) is 6.76. The number of ether oxygens (including phenoxy) is 1. The number of rotatable bonds is 6. The summed E-state index contributed by atoms with van der Waals surface area (Å²) in [6.45, 7) is -0.182. The number of halogens is 1. The fourth-order valence-corrected chi connectivity index (χ4v) is 1.97. The Labute approximate surface area is 119 Å². The zero-order valence-corrected chi connectivity index (χ0v) is 11.7. The van der Waals surface area contributed by atoms with Crippen LogP contribution in [0.4, 0.5) is 0 Å². The van der Waals surface area contributed by atoms with Gasteiger partial charge in [-0.15, -0.1) is 0 Å². The number of aliphatic carboxylic acids is 1. The Kier molecular flexibility index (Phi) is 4.42. The Hall–Kier alpha value is -1.56. The van der Waals surface area contributed by atoms with Crippen LogP contribution in [0.5, 0.6) is 5.75 Å². The molecule has 19 heavy (non-hydrogen) atoms. The number of hydrogen-bond acceptors (Lipinski definition) is 3. The number of amides is 1. The van der Waals surface area contributed by atoms with Crippen LogP contribution in [0.3, 0.4) is 0 Å². The number of nitrogens with one attached hydrogen (secondary N) is 1. The van der Waals surface area contributed by atoms with Gasteiger partial charge in [0.25, 0.3) is 5.91 Å². The molecule has 1 aromatic carbocycles. The average molecular weight is 328 g/mol. The van der Waals surface area contributed by atoms with E-state index in [0.29, 0.717) is 5.75 Å². The van der Waals surface area contributed by atoms with E-state index in [-0.39, 0.29) is 12.5 Å². The number of carbonyl (C=O) groups is 2. The van der Waals surface area contributed by atoms with Gasteiger partial charge in [-0.1, -0.05) is 15.9 Å². The quantitative estimate of drug-likeness (QED) is 0.835. The summed E-state index contributed by atoms with van der Waals surface area (Å²) in [5.41, 5.74) is 0. The Morgan fingerprint density at radius 2 is 2.00 bits per heavy atom. The van der Waals surface area contributed by atoms with Crippen molar-refractivity contribution in [1.82, 2.24) is 5.32 Å². The van der Waals surface area contributed by atoms with Crippen molar-refractivity contribution in [2.75, 3.05) is 6.61 Å². The first kappa shape index (κ1) is 13.9. The number of benzene rings is 1. The molecule has 0 spiro atoms. The lowest BCUT2D eigenvalue weighted by Crippen LogP contribution is -2.44. The third-order valence-electron chi connectivity index (χ3n) is 2.86. The molecular formula is C13H14BrNO4. The lowest BCUT2D eigenvalue weighted by atomic mass is 10.2. The van der Waals surface area contributed by atoms with E-state index >= 15 is 0 Å². The molecule has 0 bridgehead atoms. The third kappa shape index (κ3) is 4.24. The monoisotopic (exact) mass is 327 g/mol. The molecule has 1 saturated carbocycles. The molecule has 1 aromatic rings. The Morgan fingerprint density at radius 3 is 2.53 bits per heavy atom. The molecule has 0 aliphatic heterocycles. The van der Waals surface area contributed by atoms with Crippen LogP contribution >= 0.6 is 15.9 Å². The summed E-state index contributed by atoms with van der Waals surface area (Å²) in [5, 5.41) is 11.5. The molecule has 5 nitrogen and oxygen atoms in total. The molecule has 0 saturated heterocycles. The topological polar surface area (TPSA) is 75.6 Å². The lowest BCUT2D eigenvalue weighted by Gasteiger charge is -2.13. The Balaban J connectivity index is 1.80. The Bertz CT molecular complexity index is 470. The summed E-state index contributed by atoms with van der Waals surface area (Å²) in [6.07, 6.45) is 1.70. The molecule has 1 unspecified atom stereocenters. The number of carboxylic acid groups (broad SMARTS) is 1. The van der Waals surface area contributed by atoms with Crippen LogP contribution in [0.1, 0.15) is 12.8 Å². The van der Waals surface area contributed by atoms with Gasteiger partial charge in [0.15, 0.2) is 6.61 Å². The largest absolute Gasteiger partial charge is 0.484 e. The van der Waals surface area contributed by atoms with Gasteiger partial charge in [-0.2, -0.15) is 0 Å². The maximum atomic E-state index is 11.6. The zero-order chi connectivity index (χ0) is 13.8. The van der Waals surface area contributed by atoms with Crippen LogP contribution in [0.2, 0.25) is 0 Å². The van der Waals surface area contributed by atoms with Crippen molar-refractivity contribution in [2.24, 2.45) is 5.92 Å². The van der Waals surface area contributed by atoms with Crippen LogP contribution in [0.25, 0.3) is 0 Å². The van der Waals surface area contributed by atoms with Crippen molar-refractivity contribution in [2.45, 2.75) is 18.9 Å². The van der Waals surface area contributed by atoms with E-state index in [1.54, 1.807) is 24.3 Å². The highest BCUT2D eigenvalue weighted by Crippen LogP contribution is 2.32. The molecule has 1 aliphatic carbocycles. The summed E-state index contributed by atoms with van der Waals surface area (Å²) in [7, 11) is 0. The van der Waals surface area contributed by atoms with E-state index in [0.717, 1.165) is 17.3 Å². The molecule has 1 fully saturated rings. The predicted molar refractivity (Wildman–Crippen MR) is 71.9 cm³/mol. The summed E-state index contributed by atoms with van der Waals surface area (Å²) in [4.78, 5) is 22.6. The summed E-state index contributed by atoms with van der Waals surface area (Å²) in [6, 6.07) is 6.27. The zero-order valence-electron chi connectivity index (χ0n) is 10.1. The average Bonchev–Trinajstić information content (AvgIpc) is 3.19. The minimum Gasteiger partial charge on any atom is -0.484 e. The highest BCUT2D eigenvalue weighted by molar-refractivity contribution is 9.10. The van der Waals surface area contributed by atoms with E-state index in [1.165, 1.54) is 0 Å². The van der Waals surface area contributed by atoms with Crippen molar-refractivity contribution in [3.63, 3.8) is 0 Å². The second kappa shape index (κ2) is 6.06. The molecule has 2 N–H and O–H groups in total. The standard InChI is InChI=1S/C13H14BrNO4/c14-9-3-5-10(6-4-9)19-7-11(16)15-12(13(17)18)8-1-2-8/h3-6,8,12H,1-2,7H2,(H,15,16)(H,17,18). The maximum absolute atomic E-state index is 11.6. The molecule has 0 radical (unpaired) electrons. The van der Waals surface area contributed by atoms with E-state index in [2.05, 4.69) is 21.2 Å². The van der Waals surface area contributed by atoms with E-state index in [1.807, 2.05) is 0 Å². The molecule has 6 heteroatoms. The van der Waals surface area contributed by atoms with Gasteiger partial charge in [-0.3, -0.25) is 4.79 Å².